The highest BCUT2D eigenvalue weighted by atomic mass is 16.4. The first-order valence-electron chi connectivity index (χ1n) is 6.11. The van der Waals surface area contributed by atoms with Crippen LogP contribution in [0.1, 0.15) is 44.9 Å². The van der Waals surface area contributed by atoms with E-state index in [2.05, 4.69) is 6.08 Å². The second-order valence-corrected chi connectivity index (χ2v) is 4.29. The van der Waals surface area contributed by atoms with Crippen LogP contribution in [0.3, 0.4) is 0 Å². The third-order valence-corrected chi connectivity index (χ3v) is 2.44. The Morgan fingerprint density at radius 2 is 1.59 bits per heavy atom. The molecule has 98 valence electrons. The third kappa shape index (κ3) is 11.0. The van der Waals surface area contributed by atoms with Gasteiger partial charge < -0.3 is 10.0 Å². The zero-order valence-corrected chi connectivity index (χ0v) is 10.8. The molecule has 0 bridgehead atoms. The van der Waals surface area contributed by atoms with E-state index in [1.54, 1.807) is 19.0 Å². The van der Waals surface area contributed by atoms with Crippen molar-refractivity contribution >= 4 is 11.9 Å². The molecule has 0 rings (SSSR count). The number of carbonyl (C=O) groups is 2. The van der Waals surface area contributed by atoms with E-state index in [0.29, 0.717) is 12.8 Å². The number of hydrogen-bond donors (Lipinski definition) is 1. The van der Waals surface area contributed by atoms with Gasteiger partial charge in [-0.1, -0.05) is 12.2 Å². The van der Waals surface area contributed by atoms with Gasteiger partial charge in [-0.2, -0.15) is 0 Å². The van der Waals surface area contributed by atoms with E-state index in [-0.39, 0.29) is 12.3 Å². The van der Waals surface area contributed by atoms with Crippen LogP contribution in [0.2, 0.25) is 0 Å². The summed E-state index contributed by atoms with van der Waals surface area (Å²) >= 11 is 0. The minimum absolute atomic E-state index is 0.176. The fourth-order valence-corrected chi connectivity index (χ4v) is 1.37. The lowest BCUT2D eigenvalue weighted by Gasteiger charge is -2.08. The van der Waals surface area contributed by atoms with Crippen molar-refractivity contribution in [3.05, 3.63) is 12.2 Å². The van der Waals surface area contributed by atoms with Crippen molar-refractivity contribution in [1.82, 2.24) is 4.90 Å². The monoisotopic (exact) mass is 241 g/mol. The van der Waals surface area contributed by atoms with Gasteiger partial charge >= 0.3 is 5.97 Å². The maximum absolute atomic E-state index is 11.2. The zero-order valence-electron chi connectivity index (χ0n) is 10.8. The van der Waals surface area contributed by atoms with E-state index in [4.69, 9.17) is 5.11 Å². The third-order valence-electron chi connectivity index (χ3n) is 2.44. The first-order chi connectivity index (χ1) is 8.04. The second-order valence-electron chi connectivity index (χ2n) is 4.29. The van der Waals surface area contributed by atoms with E-state index in [9.17, 15) is 9.59 Å². The Hall–Kier alpha value is -1.32. The number of rotatable bonds is 9. The molecule has 0 atom stereocenters. The van der Waals surface area contributed by atoms with Crippen LogP contribution in [0.15, 0.2) is 12.2 Å². The van der Waals surface area contributed by atoms with E-state index in [1.165, 1.54) is 0 Å². The average Bonchev–Trinajstić information content (AvgIpc) is 2.25. The van der Waals surface area contributed by atoms with E-state index in [1.807, 2.05) is 6.08 Å². The molecule has 0 aliphatic rings. The Balaban J connectivity index is 3.30. The molecule has 0 radical (unpaired) electrons. The minimum atomic E-state index is -0.736. The molecule has 4 heteroatoms. The van der Waals surface area contributed by atoms with Gasteiger partial charge in [-0.15, -0.1) is 0 Å². The number of amides is 1. The van der Waals surface area contributed by atoms with Crippen molar-refractivity contribution in [2.75, 3.05) is 14.1 Å². The number of carbonyl (C=O) groups excluding carboxylic acids is 1. The van der Waals surface area contributed by atoms with Crippen LogP contribution >= 0.6 is 0 Å². The highest BCUT2D eigenvalue weighted by Gasteiger charge is 2.01. The van der Waals surface area contributed by atoms with Crippen molar-refractivity contribution in [1.29, 1.82) is 0 Å². The number of aliphatic carboxylic acids is 1. The molecule has 0 fully saturated rings. The first-order valence-corrected chi connectivity index (χ1v) is 6.11. The number of allylic oxidation sites excluding steroid dienone is 2. The van der Waals surface area contributed by atoms with Crippen molar-refractivity contribution in [3.63, 3.8) is 0 Å². The normalized spacial score (nSPS) is 10.7. The molecule has 0 aromatic carbocycles. The lowest BCUT2D eigenvalue weighted by molar-refractivity contribution is -0.137. The number of nitrogens with zero attached hydrogens (tertiary/aromatic N) is 1. The van der Waals surface area contributed by atoms with Crippen LogP contribution in [0.5, 0.6) is 0 Å². The summed E-state index contributed by atoms with van der Waals surface area (Å²) in [6.45, 7) is 0. The molecule has 0 saturated carbocycles. The van der Waals surface area contributed by atoms with Crippen LogP contribution in [-0.4, -0.2) is 36.0 Å². The SMILES string of the molecule is CN(C)C(=O)CCCC/C=C\CCCC(=O)O. The van der Waals surface area contributed by atoms with Crippen molar-refractivity contribution in [2.24, 2.45) is 0 Å². The molecule has 0 aromatic rings. The average molecular weight is 241 g/mol. The summed E-state index contributed by atoms with van der Waals surface area (Å²) in [4.78, 5) is 23.1. The topological polar surface area (TPSA) is 57.6 Å². The zero-order chi connectivity index (χ0) is 13.1. The number of carboxylic acids is 1. The van der Waals surface area contributed by atoms with Crippen LogP contribution < -0.4 is 0 Å². The van der Waals surface area contributed by atoms with Crippen molar-refractivity contribution < 1.29 is 14.7 Å². The molecule has 0 heterocycles. The van der Waals surface area contributed by atoms with Gasteiger partial charge in [0.25, 0.3) is 0 Å². The van der Waals surface area contributed by atoms with E-state index < -0.39 is 5.97 Å². The van der Waals surface area contributed by atoms with Crippen LogP contribution in [-0.2, 0) is 9.59 Å². The summed E-state index contributed by atoms with van der Waals surface area (Å²) in [6, 6.07) is 0. The van der Waals surface area contributed by atoms with Crippen LogP contribution in [0.4, 0.5) is 0 Å². The van der Waals surface area contributed by atoms with Gasteiger partial charge in [-0.05, 0) is 32.1 Å². The standard InChI is InChI=1S/C13H23NO3/c1-14(2)12(15)10-8-6-4-3-5-7-9-11-13(16)17/h3,5H,4,6-11H2,1-2H3,(H,16,17)/b5-3-. The summed E-state index contributed by atoms with van der Waals surface area (Å²) in [5.41, 5.74) is 0. The van der Waals surface area contributed by atoms with Gasteiger partial charge in [-0.25, -0.2) is 0 Å². The van der Waals surface area contributed by atoms with Crippen molar-refractivity contribution in [3.8, 4) is 0 Å². The summed E-state index contributed by atoms with van der Waals surface area (Å²) in [5, 5.41) is 8.42. The van der Waals surface area contributed by atoms with Gasteiger partial charge in [0, 0.05) is 26.9 Å². The quantitative estimate of drug-likeness (QED) is 0.498. The summed E-state index contributed by atoms with van der Waals surface area (Å²) in [5.74, 6) is -0.559. The minimum Gasteiger partial charge on any atom is -0.481 e. The molecule has 17 heavy (non-hydrogen) atoms. The first kappa shape index (κ1) is 15.7. The van der Waals surface area contributed by atoms with Crippen molar-refractivity contribution in [2.45, 2.75) is 44.9 Å². The van der Waals surface area contributed by atoms with Gasteiger partial charge in [0.05, 0.1) is 0 Å². The largest absolute Gasteiger partial charge is 0.481 e. The van der Waals surface area contributed by atoms with E-state index in [0.717, 1.165) is 25.7 Å². The van der Waals surface area contributed by atoms with Crippen LogP contribution in [0.25, 0.3) is 0 Å². The fraction of sp³-hybridized carbons (Fsp3) is 0.692. The molecule has 1 N–H and O–H groups in total. The Morgan fingerprint density at radius 1 is 1.00 bits per heavy atom. The molecular formula is C13H23NO3. The number of carboxylic acid groups (broad SMARTS) is 1. The van der Waals surface area contributed by atoms with Gasteiger partial charge in [0.15, 0.2) is 0 Å². The highest BCUT2D eigenvalue weighted by molar-refractivity contribution is 5.75. The van der Waals surface area contributed by atoms with E-state index >= 15 is 0 Å². The molecule has 4 nitrogen and oxygen atoms in total. The molecule has 0 aromatic heterocycles. The Morgan fingerprint density at radius 3 is 2.12 bits per heavy atom. The lowest BCUT2D eigenvalue weighted by Crippen LogP contribution is -2.20. The summed E-state index contributed by atoms with van der Waals surface area (Å²) in [7, 11) is 3.54. The molecule has 0 aliphatic carbocycles. The smallest absolute Gasteiger partial charge is 0.303 e. The van der Waals surface area contributed by atoms with Gasteiger partial charge in [-0.3, -0.25) is 9.59 Å². The molecule has 0 unspecified atom stereocenters. The summed E-state index contributed by atoms with van der Waals surface area (Å²) < 4.78 is 0. The highest BCUT2D eigenvalue weighted by Crippen LogP contribution is 2.04. The predicted molar refractivity (Wildman–Crippen MR) is 67.8 cm³/mol. The molecule has 0 spiro atoms. The van der Waals surface area contributed by atoms with Gasteiger partial charge in [0.2, 0.25) is 5.91 Å². The number of hydrogen-bond acceptors (Lipinski definition) is 2. The second kappa shape index (κ2) is 9.87. The number of unbranched alkanes of at least 4 members (excludes halogenated alkanes) is 3. The van der Waals surface area contributed by atoms with Gasteiger partial charge in [0.1, 0.15) is 0 Å². The maximum atomic E-state index is 11.2. The lowest BCUT2D eigenvalue weighted by atomic mass is 10.1. The Kier molecular flexibility index (Phi) is 9.11. The predicted octanol–water partition coefficient (Wildman–Crippen LogP) is 2.45. The Labute approximate surface area is 103 Å². The molecule has 1 amide bonds. The maximum Gasteiger partial charge on any atom is 0.303 e. The summed E-state index contributed by atoms with van der Waals surface area (Å²) in [6.07, 6.45) is 9.35. The Bertz CT molecular complexity index is 259. The fourth-order valence-electron chi connectivity index (χ4n) is 1.37. The molecule has 0 saturated heterocycles. The molecular weight excluding hydrogens is 218 g/mol. The molecule has 0 aliphatic heterocycles. The van der Waals surface area contributed by atoms with Crippen LogP contribution in [0, 0.1) is 0 Å².